The largest absolute Gasteiger partial charge is 0.404 e. The lowest BCUT2D eigenvalue weighted by atomic mass is 10.2. The quantitative estimate of drug-likeness (QED) is 0.708. The second-order valence-corrected chi connectivity index (χ2v) is 4.19. The van der Waals surface area contributed by atoms with Crippen LogP contribution in [0.2, 0.25) is 0 Å². The molecule has 0 aromatic heterocycles. The van der Waals surface area contributed by atoms with Crippen LogP contribution in [0.4, 0.5) is 0 Å². The molecule has 0 unspecified atom stereocenters. The number of amides is 1. The molecule has 0 spiro atoms. The predicted molar refractivity (Wildman–Crippen MR) is 65.5 cm³/mol. The third-order valence-electron chi connectivity index (χ3n) is 2.89. The second-order valence-electron chi connectivity index (χ2n) is 4.19. The monoisotopic (exact) mass is 223 g/mol. The van der Waals surface area contributed by atoms with Gasteiger partial charge in [-0.15, -0.1) is 0 Å². The number of allylic oxidation sites excluding steroid dienone is 1. The first kappa shape index (κ1) is 12.8. The van der Waals surface area contributed by atoms with E-state index in [2.05, 4.69) is 18.7 Å². The van der Waals surface area contributed by atoms with Gasteiger partial charge in [-0.25, -0.2) is 0 Å². The molecule has 1 aliphatic heterocycles. The fourth-order valence-electron chi connectivity index (χ4n) is 1.86. The Kier molecular flexibility index (Phi) is 4.55. The summed E-state index contributed by atoms with van der Waals surface area (Å²) in [5, 5.41) is 0. The number of rotatable bonds is 2. The van der Waals surface area contributed by atoms with Gasteiger partial charge in [-0.2, -0.15) is 0 Å². The summed E-state index contributed by atoms with van der Waals surface area (Å²) >= 11 is 0. The van der Waals surface area contributed by atoms with E-state index < -0.39 is 0 Å². The summed E-state index contributed by atoms with van der Waals surface area (Å²) < 4.78 is 0. The second kappa shape index (κ2) is 5.70. The number of piperazine rings is 1. The summed E-state index contributed by atoms with van der Waals surface area (Å²) in [5.41, 5.74) is 6.30. The lowest BCUT2D eigenvalue weighted by Gasteiger charge is -2.38. The molecule has 0 atom stereocenters. The van der Waals surface area contributed by atoms with Crippen LogP contribution in [0.5, 0.6) is 0 Å². The molecule has 0 aromatic carbocycles. The van der Waals surface area contributed by atoms with E-state index in [9.17, 15) is 4.79 Å². The summed E-state index contributed by atoms with van der Waals surface area (Å²) in [6, 6.07) is 0.511. The number of carbonyl (C=O) groups is 1. The molecule has 0 radical (unpaired) electrons. The first-order chi connectivity index (χ1) is 7.60. The zero-order valence-electron chi connectivity index (χ0n) is 10.3. The minimum atomic E-state index is -0.0287. The van der Waals surface area contributed by atoms with Crippen LogP contribution >= 0.6 is 0 Å². The molecule has 1 aliphatic rings. The van der Waals surface area contributed by atoms with Crippen molar-refractivity contribution < 1.29 is 4.79 Å². The van der Waals surface area contributed by atoms with Gasteiger partial charge in [-0.05, 0) is 27.0 Å². The minimum Gasteiger partial charge on any atom is -0.404 e. The molecule has 1 fully saturated rings. The number of nitrogens with zero attached hydrogens (tertiary/aromatic N) is 2. The van der Waals surface area contributed by atoms with E-state index in [-0.39, 0.29) is 5.91 Å². The molecule has 0 aromatic rings. The first-order valence-corrected chi connectivity index (χ1v) is 5.69. The Morgan fingerprint density at radius 1 is 1.44 bits per heavy atom. The molecule has 0 bridgehead atoms. The number of carbonyl (C=O) groups excluding carboxylic acids is 1. The Morgan fingerprint density at radius 2 is 2.12 bits per heavy atom. The molecule has 4 heteroatoms. The standard InChI is InChI=1S/C12H21N3O/c1-4-11-9-14(10(2)3)7-8-15(11)12(16)5-6-13/h4-6,10H,7-9,13H2,1-3H3/b6-5-,11-4-. The Bertz CT molecular complexity index is 307. The highest BCUT2D eigenvalue weighted by Crippen LogP contribution is 2.15. The highest BCUT2D eigenvalue weighted by Gasteiger charge is 2.24. The van der Waals surface area contributed by atoms with Crippen LogP contribution in [0.15, 0.2) is 24.0 Å². The predicted octanol–water partition coefficient (Wildman–Crippen LogP) is 0.915. The highest BCUT2D eigenvalue weighted by atomic mass is 16.2. The van der Waals surface area contributed by atoms with Gasteiger partial charge >= 0.3 is 0 Å². The normalized spacial score (nSPS) is 21.2. The van der Waals surface area contributed by atoms with Gasteiger partial charge in [0.05, 0.1) is 0 Å². The Hall–Kier alpha value is -1.29. The molecule has 2 N–H and O–H groups in total. The molecule has 1 rings (SSSR count). The molecule has 1 saturated heterocycles. The van der Waals surface area contributed by atoms with E-state index in [0.29, 0.717) is 6.04 Å². The van der Waals surface area contributed by atoms with Crippen LogP contribution in [-0.2, 0) is 4.79 Å². The summed E-state index contributed by atoms with van der Waals surface area (Å²) in [7, 11) is 0. The minimum absolute atomic E-state index is 0.0287. The van der Waals surface area contributed by atoms with E-state index in [1.807, 2.05) is 13.0 Å². The van der Waals surface area contributed by atoms with Crippen LogP contribution in [0.3, 0.4) is 0 Å². The van der Waals surface area contributed by atoms with Crippen LogP contribution in [0, 0.1) is 0 Å². The van der Waals surface area contributed by atoms with Crippen molar-refractivity contribution in [3.05, 3.63) is 24.0 Å². The lowest BCUT2D eigenvalue weighted by Crippen LogP contribution is -2.48. The molecule has 1 amide bonds. The van der Waals surface area contributed by atoms with Gasteiger partial charge in [0.1, 0.15) is 0 Å². The van der Waals surface area contributed by atoms with Crippen molar-refractivity contribution in [1.82, 2.24) is 9.80 Å². The van der Waals surface area contributed by atoms with Gasteiger partial charge in [0.15, 0.2) is 0 Å². The molecule has 1 heterocycles. The Balaban J connectivity index is 2.74. The van der Waals surface area contributed by atoms with E-state index in [1.165, 1.54) is 12.3 Å². The SMILES string of the molecule is C/C=C1/CN(C(C)C)CCN1C(=O)/C=C\N. The fourth-order valence-corrected chi connectivity index (χ4v) is 1.86. The Labute approximate surface area is 97.4 Å². The molecular weight excluding hydrogens is 202 g/mol. The van der Waals surface area contributed by atoms with Crippen LogP contribution in [0.25, 0.3) is 0 Å². The van der Waals surface area contributed by atoms with Crippen molar-refractivity contribution in [3.8, 4) is 0 Å². The molecule has 90 valence electrons. The topological polar surface area (TPSA) is 49.6 Å². The van der Waals surface area contributed by atoms with Gasteiger partial charge < -0.3 is 10.6 Å². The summed E-state index contributed by atoms with van der Waals surface area (Å²) in [6.45, 7) is 8.79. The lowest BCUT2D eigenvalue weighted by molar-refractivity contribution is -0.125. The number of nitrogens with two attached hydrogens (primary N) is 1. The van der Waals surface area contributed by atoms with Crippen LogP contribution in [-0.4, -0.2) is 41.4 Å². The maximum absolute atomic E-state index is 11.7. The zero-order chi connectivity index (χ0) is 12.1. The van der Waals surface area contributed by atoms with E-state index in [4.69, 9.17) is 5.73 Å². The maximum atomic E-state index is 11.7. The van der Waals surface area contributed by atoms with Gasteiger partial charge in [-0.3, -0.25) is 9.69 Å². The maximum Gasteiger partial charge on any atom is 0.252 e. The highest BCUT2D eigenvalue weighted by molar-refractivity contribution is 5.89. The van der Waals surface area contributed by atoms with Crippen molar-refractivity contribution >= 4 is 5.91 Å². The smallest absolute Gasteiger partial charge is 0.252 e. The molecule has 16 heavy (non-hydrogen) atoms. The van der Waals surface area contributed by atoms with Crippen molar-refractivity contribution in [3.63, 3.8) is 0 Å². The van der Waals surface area contributed by atoms with Crippen molar-refractivity contribution in [1.29, 1.82) is 0 Å². The van der Waals surface area contributed by atoms with E-state index >= 15 is 0 Å². The average Bonchev–Trinajstić information content (AvgIpc) is 2.28. The van der Waals surface area contributed by atoms with E-state index in [0.717, 1.165) is 25.3 Å². The van der Waals surface area contributed by atoms with Crippen LogP contribution in [0.1, 0.15) is 20.8 Å². The van der Waals surface area contributed by atoms with Gasteiger partial charge in [0.25, 0.3) is 5.91 Å². The molecule has 0 saturated carbocycles. The first-order valence-electron chi connectivity index (χ1n) is 5.69. The summed E-state index contributed by atoms with van der Waals surface area (Å²) in [5.74, 6) is -0.0287. The van der Waals surface area contributed by atoms with Gasteiger partial charge in [0, 0.05) is 37.4 Å². The molecular formula is C12H21N3O. The number of hydrogen-bond donors (Lipinski definition) is 1. The molecule has 0 aliphatic carbocycles. The molecule has 4 nitrogen and oxygen atoms in total. The van der Waals surface area contributed by atoms with Gasteiger partial charge in [-0.1, -0.05) is 6.08 Å². The summed E-state index contributed by atoms with van der Waals surface area (Å²) in [6.07, 6.45) is 4.70. The van der Waals surface area contributed by atoms with Crippen molar-refractivity contribution in [2.45, 2.75) is 26.8 Å². The Morgan fingerprint density at radius 3 is 2.62 bits per heavy atom. The van der Waals surface area contributed by atoms with Crippen LogP contribution < -0.4 is 5.73 Å². The zero-order valence-corrected chi connectivity index (χ0v) is 10.3. The number of hydrogen-bond acceptors (Lipinski definition) is 3. The average molecular weight is 223 g/mol. The van der Waals surface area contributed by atoms with E-state index in [1.54, 1.807) is 4.90 Å². The van der Waals surface area contributed by atoms with Crippen molar-refractivity contribution in [2.24, 2.45) is 5.73 Å². The summed E-state index contributed by atoms with van der Waals surface area (Å²) in [4.78, 5) is 15.9. The van der Waals surface area contributed by atoms with Crippen molar-refractivity contribution in [2.75, 3.05) is 19.6 Å². The third-order valence-corrected chi connectivity index (χ3v) is 2.89. The third kappa shape index (κ3) is 2.85. The fraction of sp³-hybridized carbons (Fsp3) is 0.583. The van der Waals surface area contributed by atoms with Gasteiger partial charge in [0.2, 0.25) is 0 Å².